The molecule has 0 atom stereocenters. The van der Waals surface area contributed by atoms with E-state index in [1.54, 1.807) is 4.90 Å². The lowest BCUT2D eigenvalue weighted by Gasteiger charge is -2.24. The van der Waals surface area contributed by atoms with E-state index in [4.69, 9.17) is 0 Å². The third kappa shape index (κ3) is 3.45. The third-order valence-corrected chi connectivity index (χ3v) is 5.05. The van der Waals surface area contributed by atoms with Crippen molar-refractivity contribution in [3.05, 3.63) is 29.3 Å². The molecule has 3 amide bonds. The molecule has 1 saturated heterocycles. The molecule has 5 nitrogen and oxygen atoms in total. The Morgan fingerprint density at radius 3 is 2.28 bits per heavy atom. The summed E-state index contributed by atoms with van der Waals surface area (Å²) in [5, 5.41) is 2.58. The minimum absolute atomic E-state index is 0.0439. The summed E-state index contributed by atoms with van der Waals surface area (Å²) in [6, 6.07) is 1.46. The van der Waals surface area contributed by atoms with Crippen LogP contribution in [0.5, 0.6) is 0 Å². The highest BCUT2D eigenvalue weighted by Crippen LogP contribution is 2.35. The summed E-state index contributed by atoms with van der Waals surface area (Å²) < 4.78 is 28.5. The van der Waals surface area contributed by atoms with Crippen LogP contribution < -0.4 is 10.2 Å². The Balaban J connectivity index is 1.62. The van der Waals surface area contributed by atoms with Gasteiger partial charge >= 0.3 is 6.03 Å². The van der Waals surface area contributed by atoms with E-state index in [0.29, 0.717) is 44.1 Å². The monoisotopic (exact) mass is 349 g/mol. The molecule has 25 heavy (non-hydrogen) atoms. The Labute approximate surface area is 145 Å². The summed E-state index contributed by atoms with van der Waals surface area (Å²) in [6.45, 7) is 1.95. The summed E-state index contributed by atoms with van der Waals surface area (Å²) in [4.78, 5) is 27.6. The first-order chi connectivity index (χ1) is 12.0. The zero-order valence-corrected chi connectivity index (χ0v) is 13.9. The van der Waals surface area contributed by atoms with Crippen LogP contribution in [0.25, 0.3) is 0 Å². The highest BCUT2D eigenvalue weighted by atomic mass is 19.1. The fourth-order valence-corrected chi connectivity index (χ4v) is 3.24. The standard InChI is InChI=1S/C18H21F2N3O2/c19-14-8-15(20)16(23-6-5-21-18(23)25)7-13(14)17(24)22(9-11-1-2-11)10-12-3-4-12/h7-8,11-12H,1-6,9-10H2,(H,21,25). The summed E-state index contributed by atoms with van der Waals surface area (Å²) in [7, 11) is 0. The van der Waals surface area contributed by atoms with Crippen LogP contribution in [0.3, 0.4) is 0 Å². The van der Waals surface area contributed by atoms with Crippen molar-refractivity contribution in [2.75, 3.05) is 31.1 Å². The molecule has 1 aromatic rings. The molecule has 1 aliphatic heterocycles. The van der Waals surface area contributed by atoms with Gasteiger partial charge in [0.05, 0.1) is 11.3 Å². The quantitative estimate of drug-likeness (QED) is 0.859. The number of hydrogen-bond acceptors (Lipinski definition) is 2. The van der Waals surface area contributed by atoms with Gasteiger partial charge in [0.2, 0.25) is 0 Å². The average Bonchev–Trinajstić information content (AvgIpc) is 3.49. The number of halogens is 2. The number of nitrogens with one attached hydrogen (secondary N) is 1. The van der Waals surface area contributed by atoms with Gasteiger partial charge in [-0.3, -0.25) is 9.69 Å². The van der Waals surface area contributed by atoms with E-state index in [1.165, 1.54) is 11.0 Å². The van der Waals surface area contributed by atoms with Gasteiger partial charge in [0, 0.05) is 32.2 Å². The van der Waals surface area contributed by atoms with Crippen LogP contribution in [0.15, 0.2) is 12.1 Å². The minimum Gasteiger partial charge on any atom is -0.338 e. The molecule has 3 fully saturated rings. The topological polar surface area (TPSA) is 52.7 Å². The fourth-order valence-electron chi connectivity index (χ4n) is 3.24. The van der Waals surface area contributed by atoms with Crippen LogP contribution in [0.1, 0.15) is 36.0 Å². The SMILES string of the molecule is O=C(c1cc(N2CCNC2=O)c(F)cc1F)N(CC1CC1)CC1CC1. The number of benzene rings is 1. The van der Waals surface area contributed by atoms with Crippen LogP contribution in [0.4, 0.5) is 19.3 Å². The molecule has 0 spiro atoms. The van der Waals surface area contributed by atoms with Crippen molar-refractivity contribution in [2.24, 2.45) is 11.8 Å². The molecule has 0 bridgehead atoms. The number of anilines is 1. The predicted molar refractivity (Wildman–Crippen MR) is 88.5 cm³/mol. The average molecular weight is 349 g/mol. The number of urea groups is 1. The highest BCUT2D eigenvalue weighted by Gasteiger charge is 2.34. The molecule has 1 aromatic carbocycles. The van der Waals surface area contributed by atoms with E-state index in [0.717, 1.165) is 25.7 Å². The molecular weight excluding hydrogens is 328 g/mol. The van der Waals surface area contributed by atoms with Crippen molar-refractivity contribution in [3.8, 4) is 0 Å². The maximum atomic E-state index is 14.3. The first-order valence-electron chi connectivity index (χ1n) is 8.86. The number of carbonyl (C=O) groups excluding carboxylic acids is 2. The molecule has 0 radical (unpaired) electrons. The molecule has 134 valence electrons. The fraction of sp³-hybridized carbons (Fsp3) is 0.556. The Morgan fingerprint density at radius 2 is 1.76 bits per heavy atom. The van der Waals surface area contributed by atoms with Gasteiger partial charge in [0.15, 0.2) is 0 Å². The largest absolute Gasteiger partial charge is 0.338 e. The highest BCUT2D eigenvalue weighted by molar-refractivity contribution is 5.98. The van der Waals surface area contributed by atoms with Crippen molar-refractivity contribution >= 4 is 17.6 Å². The van der Waals surface area contributed by atoms with Crippen molar-refractivity contribution in [1.82, 2.24) is 10.2 Å². The van der Waals surface area contributed by atoms with Gasteiger partial charge in [-0.1, -0.05) is 0 Å². The minimum atomic E-state index is -0.873. The molecule has 0 aromatic heterocycles. The van der Waals surface area contributed by atoms with Crippen LogP contribution >= 0.6 is 0 Å². The van der Waals surface area contributed by atoms with Crippen LogP contribution in [-0.4, -0.2) is 43.0 Å². The predicted octanol–water partition coefficient (Wildman–Crippen LogP) is 2.76. The second kappa shape index (κ2) is 6.28. The molecule has 2 aliphatic carbocycles. The van der Waals surface area contributed by atoms with Gasteiger partial charge in [-0.05, 0) is 43.6 Å². The molecule has 1 N–H and O–H groups in total. The second-order valence-corrected chi connectivity index (χ2v) is 7.26. The Hall–Kier alpha value is -2.18. The number of amides is 3. The smallest absolute Gasteiger partial charge is 0.322 e. The number of rotatable bonds is 6. The lowest BCUT2D eigenvalue weighted by molar-refractivity contribution is 0.0734. The van der Waals surface area contributed by atoms with E-state index in [1.807, 2.05) is 0 Å². The summed E-state index contributed by atoms with van der Waals surface area (Å²) in [5.41, 5.74) is -0.199. The Morgan fingerprint density at radius 1 is 1.12 bits per heavy atom. The zero-order valence-electron chi connectivity index (χ0n) is 13.9. The van der Waals surface area contributed by atoms with Gasteiger partial charge in [0.25, 0.3) is 5.91 Å². The van der Waals surface area contributed by atoms with Crippen molar-refractivity contribution < 1.29 is 18.4 Å². The van der Waals surface area contributed by atoms with Gasteiger partial charge in [0.1, 0.15) is 11.6 Å². The maximum absolute atomic E-state index is 14.3. The van der Waals surface area contributed by atoms with Gasteiger partial charge in [-0.2, -0.15) is 0 Å². The molecule has 0 unspecified atom stereocenters. The third-order valence-electron chi connectivity index (χ3n) is 5.05. The van der Waals surface area contributed by atoms with E-state index in [9.17, 15) is 18.4 Å². The molecule has 2 saturated carbocycles. The number of carbonyl (C=O) groups is 2. The summed E-state index contributed by atoms with van der Waals surface area (Å²) in [6.07, 6.45) is 4.39. The maximum Gasteiger partial charge on any atom is 0.322 e. The molecular formula is C18H21F2N3O2. The van der Waals surface area contributed by atoms with Crippen molar-refractivity contribution in [3.63, 3.8) is 0 Å². The van der Waals surface area contributed by atoms with Gasteiger partial charge in [-0.25, -0.2) is 13.6 Å². The molecule has 7 heteroatoms. The second-order valence-electron chi connectivity index (χ2n) is 7.26. The molecule has 4 rings (SSSR count). The lowest BCUT2D eigenvalue weighted by Crippen LogP contribution is -2.36. The molecule has 1 heterocycles. The number of hydrogen-bond donors (Lipinski definition) is 1. The van der Waals surface area contributed by atoms with Crippen LogP contribution in [0, 0.1) is 23.5 Å². The number of nitrogens with zero attached hydrogens (tertiary/aromatic N) is 2. The van der Waals surface area contributed by atoms with Crippen molar-refractivity contribution in [2.45, 2.75) is 25.7 Å². The van der Waals surface area contributed by atoms with E-state index in [2.05, 4.69) is 5.32 Å². The first kappa shape index (κ1) is 16.3. The summed E-state index contributed by atoms with van der Waals surface area (Å²) >= 11 is 0. The van der Waals surface area contributed by atoms with Crippen LogP contribution in [0.2, 0.25) is 0 Å². The van der Waals surface area contributed by atoms with E-state index in [-0.39, 0.29) is 11.3 Å². The van der Waals surface area contributed by atoms with E-state index < -0.39 is 23.6 Å². The normalized spacial score (nSPS) is 19.9. The van der Waals surface area contributed by atoms with Gasteiger partial charge in [-0.15, -0.1) is 0 Å². The zero-order chi connectivity index (χ0) is 17.6. The van der Waals surface area contributed by atoms with Crippen molar-refractivity contribution in [1.29, 1.82) is 0 Å². The molecule has 3 aliphatic rings. The lowest BCUT2D eigenvalue weighted by atomic mass is 10.1. The Bertz CT molecular complexity index is 703. The van der Waals surface area contributed by atoms with Gasteiger partial charge < -0.3 is 10.2 Å². The van der Waals surface area contributed by atoms with E-state index >= 15 is 0 Å². The van der Waals surface area contributed by atoms with Crippen LogP contribution in [-0.2, 0) is 0 Å². The Kier molecular flexibility index (Phi) is 4.09. The first-order valence-corrected chi connectivity index (χ1v) is 8.86. The summed E-state index contributed by atoms with van der Waals surface area (Å²) in [5.74, 6) is -1.12.